The van der Waals surface area contributed by atoms with Crippen molar-refractivity contribution in [3.05, 3.63) is 54.0 Å². The zero-order valence-corrected chi connectivity index (χ0v) is 16.9. The first kappa shape index (κ1) is 19.1. The largest absolute Gasteiger partial charge is 0.480 e. The van der Waals surface area contributed by atoms with Crippen LogP contribution in [0.3, 0.4) is 0 Å². The average Bonchev–Trinajstić information content (AvgIpc) is 2.93. The van der Waals surface area contributed by atoms with Crippen LogP contribution in [0.1, 0.15) is 24.6 Å². The Balaban J connectivity index is 1.66. The van der Waals surface area contributed by atoms with Crippen LogP contribution < -0.4 is 4.72 Å². The lowest BCUT2D eigenvalue weighted by atomic mass is 9.93. The molecule has 3 aromatic rings. The van der Waals surface area contributed by atoms with Gasteiger partial charge in [0.2, 0.25) is 0 Å². The van der Waals surface area contributed by atoms with E-state index in [2.05, 4.69) is 9.71 Å². The van der Waals surface area contributed by atoms with Crippen LogP contribution >= 0.6 is 11.3 Å². The Morgan fingerprint density at radius 2 is 2.07 bits per heavy atom. The number of hydrogen-bond donors (Lipinski definition) is 2. The van der Waals surface area contributed by atoms with Gasteiger partial charge in [0.1, 0.15) is 5.54 Å². The van der Waals surface area contributed by atoms with E-state index in [4.69, 9.17) is 4.74 Å². The van der Waals surface area contributed by atoms with E-state index in [-0.39, 0.29) is 10.6 Å². The molecular formula is C18H19N3O5S2. The van der Waals surface area contributed by atoms with Crippen molar-refractivity contribution in [1.29, 1.82) is 0 Å². The second kappa shape index (κ2) is 6.38. The number of aromatic nitrogens is 2. The molecule has 0 amide bonds. The lowest BCUT2D eigenvalue weighted by Gasteiger charge is -2.20. The van der Waals surface area contributed by atoms with Crippen molar-refractivity contribution in [2.75, 3.05) is 7.11 Å². The van der Waals surface area contributed by atoms with Crippen LogP contribution in [-0.2, 0) is 31.6 Å². The van der Waals surface area contributed by atoms with Gasteiger partial charge in [0, 0.05) is 24.9 Å². The van der Waals surface area contributed by atoms with E-state index in [0.29, 0.717) is 17.3 Å². The van der Waals surface area contributed by atoms with E-state index >= 15 is 0 Å². The summed E-state index contributed by atoms with van der Waals surface area (Å²) < 4.78 is 35.0. The molecule has 148 valence electrons. The summed E-state index contributed by atoms with van der Waals surface area (Å²) in [6.07, 6.45) is 3.30. The van der Waals surface area contributed by atoms with Crippen molar-refractivity contribution in [2.24, 2.45) is 0 Å². The summed E-state index contributed by atoms with van der Waals surface area (Å²) in [5.74, 6) is -1.19. The summed E-state index contributed by atoms with van der Waals surface area (Å²) in [5.41, 5.74) is -0.937. The van der Waals surface area contributed by atoms with Crippen molar-refractivity contribution in [2.45, 2.75) is 35.1 Å². The Bertz CT molecular complexity index is 1120. The summed E-state index contributed by atoms with van der Waals surface area (Å²) in [6.45, 7) is 2.09. The highest BCUT2D eigenvalue weighted by Gasteiger charge is 2.72. The molecule has 8 nitrogen and oxygen atoms in total. The molecule has 10 heteroatoms. The Morgan fingerprint density at radius 3 is 2.68 bits per heavy atom. The fourth-order valence-electron chi connectivity index (χ4n) is 3.59. The second-order valence-electron chi connectivity index (χ2n) is 7.10. The number of carbonyl (C=O) groups is 1. The molecule has 1 aliphatic carbocycles. The van der Waals surface area contributed by atoms with E-state index in [1.807, 2.05) is 30.3 Å². The fourth-order valence-corrected chi connectivity index (χ4v) is 6.29. The van der Waals surface area contributed by atoms with Gasteiger partial charge >= 0.3 is 5.97 Å². The first-order chi connectivity index (χ1) is 13.2. The number of rotatable bonds is 7. The lowest BCUT2D eigenvalue weighted by molar-refractivity contribution is -0.140. The number of ether oxygens (including phenoxy) is 1. The minimum atomic E-state index is -4.04. The molecule has 0 aliphatic heterocycles. The molecule has 0 bridgehead atoms. The molecule has 0 spiro atoms. The van der Waals surface area contributed by atoms with Crippen molar-refractivity contribution < 1.29 is 23.1 Å². The fraction of sp³-hybridized carbons (Fsp3) is 0.333. The predicted octanol–water partition coefficient (Wildman–Crippen LogP) is 2.01. The molecule has 0 unspecified atom stereocenters. The summed E-state index contributed by atoms with van der Waals surface area (Å²) in [6, 6.07) is 9.09. The number of carboxylic acids is 1. The summed E-state index contributed by atoms with van der Waals surface area (Å²) >= 11 is 0.980. The van der Waals surface area contributed by atoms with E-state index in [1.165, 1.54) is 6.20 Å². The third-order valence-electron chi connectivity index (χ3n) is 5.26. The van der Waals surface area contributed by atoms with Crippen LogP contribution in [-0.4, -0.2) is 41.5 Å². The van der Waals surface area contributed by atoms with E-state index in [0.717, 1.165) is 16.9 Å². The van der Waals surface area contributed by atoms with Gasteiger partial charge in [0.25, 0.3) is 10.0 Å². The first-order valence-electron chi connectivity index (χ1n) is 8.51. The van der Waals surface area contributed by atoms with Crippen LogP contribution in [0.2, 0.25) is 0 Å². The second-order valence-corrected chi connectivity index (χ2v) is 10.0. The van der Waals surface area contributed by atoms with Gasteiger partial charge in [-0.15, -0.1) is 0 Å². The molecule has 2 N–H and O–H groups in total. The summed E-state index contributed by atoms with van der Waals surface area (Å²) in [7, 11) is -2.49. The normalized spacial score (nSPS) is 24.5. The molecule has 1 saturated carbocycles. The highest BCUT2D eigenvalue weighted by Crippen LogP contribution is 2.58. The van der Waals surface area contributed by atoms with Gasteiger partial charge in [-0.1, -0.05) is 48.6 Å². The van der Waals surface area contributed by atoms with Crippen LogP contribution in [0.15, 0.2) is 46.9 Å². The molecule has 2 atom stereocenters. The van der Waals surface area contributed by atoms with Crippen LogP contribution in [0.25, 0.3) is 4.96 Å². The number of carboxylic acid groups (broad SMARTS) is 1. The Hall–Kier alpha value is -2.27. The number of nitrogens with zero attached hydrogens (tertiary/aromatic N) is 2. The molecule has 2 aromatic heterocycles. The molecule has 4 rings (SSSR count). The zero-order chi connectivity index (χ0) is 20.2. The van der Waals surface area contributed by atoms with E-state index in [9.17, 15) is 18.3 Å². The molecular weight excluding hydrogens is 402 g/mol. The van der Waals surface area contributed by atoms with Crippen molar-refractivity contribution in [3.63, 3.8) is 0 Å². The topological polar surface area (TPSA) is 110 Å². The first-order valence-corrected chi connectivity index (χ1v) is 10.8. The lowest BCUT2D eigenvalue weighted by Crippen LogP contribution is -2.47. The Morgan fingerprint density at radius 1 is 1.36 bits per heavy atom. The third-order valence-corrected chi connectivity index (χ3v) is 8.21. The smallest absolute Gasteiger partial charge is 0.325 e. The van der Waals surface area contributed by atoms with Crippen molar-refractivity contribution in [3.8, 4) is 0 Å². The van der Waals surface area contributed by atoms with Gasteiger partial charge in [0.05, 0.1) is 12.3 Å². The quantitative estimate of drug-likeness (QED) is 0.604. The number of aliphatic carboxylic acids is 1. The van der Waals surface area contributed by atoms with Crippen molar-refractivity contribution in [1.82, 2.24) is 14.1 Å². The van der Waals surface area contributed by atoms with Gasteiger partial charge in [-0.3, -0.25) is 9.20 Å². The molecule has 1 fully saturated rings. The third kappa shape index (κ3) is 2.84. The predicted molar refractivity (Wildman–Crippen MR) is 103 cm³/mol. The number of imidazole rings is 1. The maximum absolute atomic E-state index is 13.0. The number of thiazole rings is 1. The minimum Gasteiger partial charge on any atom is -0.480 e. The van der Waals surface area contributed by atoms with Gasteiger partial charge in [-0.05, 0) is 12.0 Å². The van der Waals surface area contributed by atoms with E-state index in [1.54, 1.807) is 24.6 Å². The maximum atomic E-state index is 13.0. The Labute approximate surface area is 165 Å². The minimum absolute atomic E-state index is 0.0157. The van der Waals surface area contributed by atoms with Gasteiger partial charge in [0.15, 0.2) is 9.17 Å². The highest BCUT2D eigenvalue weighted by molar-refractivity contribution is 7.91. The molecule has 0 saturated heterocycles. The molecule has 0 radical (unpaired) electrons. The van der Waals surface area contributed by atoms with Crippen LogP contribution in [0, 0.1) is 0 Å². The molecule has 28 heavy (non-hydrogen) atoms. The molecule has 1 aliphatic rings. The van der Waals surface area contributed by atoms with Gasteiger partial charge in [-0.25, -0.2) is 13.4 Å². The highest BCUT2D eigenvalue weighted by atomic mass is 32.2. The maximum Gasteiger partial charge on any atom is 0.325 e. The van der Waals surface area contributed by atoms with E-state index < -0.39 is 26.9 Å². The number of benzene rings is 1. The number of nitrogens with one attached hydrogen (secondary N) is 1. The molecule has 1 aromatic carbocycles. The number of methoxy groups -OCH3 is 1. The standard InChI is InChI=1S/C18H19N3O5S2/c1-17(12-6-4-3-5-7-12)11-18(17,15(22)23)20-28(24,25)14-9-21-8-13(10-26-2)19-16(21)27-14/h3-9,20H,10-11H2,1-2H3,(H,22,23)/t17-,18-/m1/s1. The van der Waals surface area contributed by atoms with Gasteiger partial charge < -0.3 is 9.84 Å². The monoisotopic (exact) mass is 421 g/mol. The van der Waals surface area contributed by atoms with Crippen LogP contribution in [0.5, 0.6) is 0 Å². The number of sulfonamides is 1. The van der Waals surface area contributed by atoms with Crippen LogP contribution in [0.4, 0.5) is 0 Å². The Kier molecular flexibility index (Phi) is 4.34. The van der Waals surface area contributed by atoms with Crippen molar-refractivity contribution >= 4 is 32.3 Å². The zero-order valence-electron chi connectivity index (χ0n) is 15.2. The summed E-state index contributed by atoms with van der Waals surface area (Å²) in [5, 5.41) is 9.85. The molecule has 2 heterocycles. The number of fused-ring (bicyclic) bond motifs is 1. The SMILES string of the molecule is COCc1cn2cc(S(=O)(=O)N[C@@]3(C(=O)O)C[C@]3(C)c3ccccc3)sc2n1. The van der Waals surface area contributed by atoms with Gasteiger partial charge in [-0.2, -0.15) is 4.72 Å². The average molecular weight is 422 g/mol. The summed E-state index contributed by atoms with van der Waals surface area (Å²) in [4.78, 5) is 16.9. The number of hydrogen-bond acceptors (Lipinski definition) is 6.